The molecule has 104 valence electrons. The SMILES string of the molecule is CN(C)CC1CCCN1Cc1ccc2c(c1)CNC2. The predicted molar refractivity (Wildman–Crippen MR) is 79.0 cm³/mol. The van der Waals surface area contributed by atoms with Crippen molar-refractivity contribution in [3.05, 3.63) is 34.9 Å². The minimum Gasteiger partial charge on any atom is -0.309 e. The Labute approximate surface area is 116 Å². The maximum absolute atomic E-state index is 3.42. The van der Waals surface area contributed by atoms with Gasteiger partial charge in [0.05, 0.1) is 0 Å². The molecular formula is C16H25N3. The number of fused-ring (bicyclic) bond motifs is 1. The van der Waals surface area contributed by atoms with Gasteiger partial charge in [-0.1, -0.05) is 18.2 Å². The van der Waals surface area contributed by atoms with E-state index in [4.69, 9.17) is 0 Å². The zero-order chi connectivity index (χ0) is 13.2. The normalized spacial score (nSPS) is 23.2. The Hall–Kier alpha value is -0.900. The van der Waals surface area contributed by atoms with Gasteiger partial charge in [-0.15, -0.1) is 0 Å². The third-order valence-electron chi connectivity index (χ3n) is 4.36. The van der Waals surface area contributed by atoms with Gasteiger partial charge in [-0.05, 0) is 50.2 Å². The van der Waals surface area contributed by atoms with E-state index in [1.165, 1.54) is 42.6 Å². The van der Waals surface area contributed by atoms with Crippen LogP contribution in [0, 0.1) is 0 Å². The molecule has 19 heavy (non-hydrogen) atoms. The Balaban J connectivity index is 1.67. The molecule has 0 aliphatic carbocycles. The molecular weight excluding hydrogens is 234 g/mol. The molecule has 2 aliphatic rings. The Bertz CT molecular complexity index is 442. The second-order valence-corrected chi connectivity index (χ2v) is 6.24. The first-order chi connectivity index (χ1) is 9.22. The van der Waals surface area contributed by atoms with Crippen LogP contribution in [0.3, 0.4) is 0 Å². The van der Waals surface area contributed by atoms with Gasteiger partial charge in [0, 0.05) is 32.2 Å². The number of nitrogens with zero attached hydrogens (tertiary/aromatic N) is 2. The summed E-state index contributed by atoms with van der Waals surface area (Å²) < 4.78 is 0. The van der Waals surface area contributed by atoms with E-state index in [-0.39, 0.29) is 0 Å². The predicted octanol–water partition coefficient (Wildman–Crippen LogP) is 1.82. The van der Waals surface area contributed by atoms with E-state index in [1.807, 2.05) is 0 Å². The van der Waals surface area contributed by atoms with Crippen molar-refractivity contribution in [2.75, 3.05) is 27.2 Å². The van der Waals surface area contributed by atoms with E-state index in [9.17, 15) is 0 Å². The van der Waals surface area contributed by atoms with Crippen molar-refractivity contribution < 1.29 is 0 Å². The second kappa shape index (κ2) is 5.61. The topological polar surface area (TPSA) is 18.5 Å². The third kappa shape index (κ3) is 2.99. The fourth-order valence-electron chi connectivity index (χ4n) is 3.41. The fraction of sp³-hybridized carbons (Fsp3) is 0.625. The van der Waals surface area contributed by atoms with Crippen LogP contribution >= 0.6 is 0 Å². The van der Waals surface area contributed by atoms with Crippen LogP contribution in [0.2, 0.25) is 0 Å². The lowest BCUT2D eigenvalue weighted by Gasteiger charge is -2.27. The lowest BCUT2D eigenvalue weighted by Crippen LogP contribution is -2.37. The first-order valence-electron chi connectivity index (χ1n) is 7.42. The van der Waals surface area contributed by atoms with Crippen LogP contribution in [0.1, 0.15) is 29.5 Å². The van der Waals surface area contributed by atoms with Crippen molar-refractivity contribution >= 4 is 0 Å². The molecule has 0 bridgehead atoms. The first-order valence-corrected chi connectivity index (χ1v) is 7.42. The van der Waals surface area contributed by atoms with E-state index in [2.05, 4.69) is 47.4 Å². The van der Waals surface area contributed by atoms with E-state index in [0.29, 0.717) is 0 Å². The number of benzene rings is 1. The molecule has 1 unspecified atom stereocenters. The molecule has 0 amide bonds. The molecule has 0 spiro atoms. The maximum atomic E-state index is 3.42. The number of hydrogen-bond donors (Lipinski definition) is 1. The molecule has 1 fully saturated rings. The Morgan fingerprint density at radius 1 is 1.26 bits per heavy atom. The number of likely N-dealkylation sites (tertiary alicyclic amines) is 1. The maximum Gasteiger partial charge on any atom is 0.0237 e. The molecule has 0 saturated carbocycles. The van der Waals surface area contributed by atoms with Crippen LogP contribution in [0.15, 0.2) is 18.2 Å². The molecule has 1 N–H and O–H groups in total. The molecule has 2 heterocycles. The minimum atomic E-state index is 0.737. The number of rotatable bonds is 4. The van der Waals surface area contributed by atoms with Gasteiger partial charge >= 0.3 is 0 Å². The lowest BCUT2D eigenvalue weighted by molar-refractivity contribution is 0.201. The number of likely N-dealkylation sites (N-methyl/N-ethyl adjacent to an activating group) is 1. The quantitative estimate of drug-likeness (QED) is 0.890. The summed E-state index contributed by atoms with van der Waals surface area (Å²) in [6, 6.07) is 7.76. The van der Waals surface area contributed by atoms with Gasteiger partial charge in [0.15, 0.2) is 0 Å². The minimum absolute atomic E-state index is 0.737. The van der Waals surface area contributed by atoms with Crippen LogP contribution in [0.25, 0.3) is 0 Å². The summed E-state index contributed by atoms with van der Waals surface area (Å²) in [6.45, 7) is 5.65. The Kier molecular flexibility index (Phi) is 3.87. The fourth-order valence-corrected chi connectivity index (χ4v) is 3.41. The van der Waals surface area contributed by atoms with Gasteiger partial charge in [-0.25, -0.2) is 0 Å². The van der Waals surface area contributed by atoms with Crippen molar-refractivity contribution in [1.82, 2.24) is 15.1 Å². The van der Waals surface area contributed by atoms with E-state index >= 15 is 0 Å². The first kappa shape index (κ1) is 13.1. The summed E-state index contributed by atoms with van der Waals surface area (Å²) in [4.78, 5) is 4.97. The second-order valence-electron chi connectivity index (χ2n) is 6.24. The molecule has 1 saturated heterocycles. The van der Waals surface area contributed by atoms with Crippen LogP contribution in [0.5, 0.6) is 0 Å². The highest BCUT2D eigenvalue weighted by atomic mass is 15.2. The van der Waals surface area contributed by atoms with Gasteiger partial charge in [-0.2, -0.15) is 0 Å². The van der Waals surface area contributed by atoms with Gasteiger partial charge in [0.25, 0.3) is 0 Å². The Morgan fingerprint density at radius 2 is 2.11 bits per heavy atom. The zero-order valence-electron chi connectivity index (χ0n) is 12.2. The summed E-state index contributed by atoms with van der Waals surface area (Å²) >= 11 is 0. The molecule has 2 aliphatic heterocycles. The van der Waals surface area contributed by atoms with E-state index in [1.54, 1.807) is 0 Å². The number of hydrogen-bond acceptors (Lipinski definition) is 3. The summed E-state index contributed by atoms with van der Waals surface area (Å²) in [5.74, 6) is 0. The van der Waals surface area contributed by atoms with Crippen LogP contribution in [-0.4, -0.2) is 43.0 Å². The monoisotopic (exact) mass is 259 g/mol. The zero-order valence-corrected chi connectivity index (χ0v) is 12.2. The highest BCUT2D eigenvalue weighted by molar-refractivity contribution is 5.34. The van der Waals surface area contributed by atoms with Crippen LogP contribution < -0.4 is 5.32 Å². The molecule has 0 radical (unpaired) electrons. The highest BCUT2D eigenvalue weighted by Gasteiger charge is 2.25. The average Bonchev–Trinajstić information content (AvgIpc) is 2.98. The largest absolute Gasteiger partial charge is 0.309 e. The van der Waals surface area contributed by atoms with Crippen molar-refractivity contribution in [2.45, 2.75) is 38.5 Å². The van der Waals surface area contributed by atoms with Crippen LogP contribution in [0.4, 0.5) is 0 Å². The smallest absolute Gasteiger partial charge is 0.0237 e. The molecule has 1 atom stereocenters. The highest BCUT2D eigenvalue weighted by Crippen LogP contribution is 2.23. The summed E-state index contributed by atoms with van der Waals surface area (Å²) in [6.07, 6.45) is 2.70. The van der Waals surface area contributed by atoms with E-state index in [0.717, 1.165) is 25.7 Å². The van der Waals surface area contributed by atoms with Crippen molar-refractivity contribution in [3.63, 3.8) is 0 Å². The van der Waals surface area contributed by atoms with Gasteiger partial charge in [-0.3, -0.25) is 4.90 Å². The average molecular weight is 259 g/mol. The van der Waals surface area contributed by atoms with Crippen molar-refractivity contribution in [2.24, 2.45) is 0 Å². The molecule has 3 rings (SSSR count). The molecule has 0 aromatic heterocycles. The lowest BCUT2D eigenvalue weighted by atomic mass is 10.1. The molecule has 1 aromatic carbocycles. The third-order valence-corrected chi connectivity index (χ3v) is 4.36. The number of nitrogens with one attached hydrogen (secondary N) is 1. The molecule has 3 nitrogen and oxygen atoms in total. The van der Waals surface area contributed by atoms with Gasteiger partial charge < -0.3 is 10.2 Å². The molecule has 3 heteroatoms. The van der Waals surface area contributed by atoms with Crippen molar-refractivity contribution in [1.29, 1.82) is 0 Å². The van der Waals surface area contributed by atoms with E-state index < -0.39 is 0 Å². The summed E-state index contributed by atoms with van der Waals surface area (Å²) in [5.41, 5.74) is 4.46. The molecule has 1 aromatic rings. The van der Waals surface area contributed by atoms with Gasteiger partial charge in [0.2, 0.25) is 0 Å². The summed E-state index contributed by atoms with van der Waals surface area (Å²) in [5, 5.41) is 3.42. The van der Waals surface area contributed by atoms with Crippen molar-refractivity contribution in [3.8, 4) is 0 Å². The van der Waals surface area contributed by atoms with Crippen LogP contribution in [-0.2, 0) is 19.6 Å². The Morgan fingerprint density at radius 3 is 2.95 bits per heavy atom. The standard InChI is InChI=1S/C16H25N3/c1-18(2)12-16-4-3-7-19(16)11-13-5-6-14-9-17-10-15(14)8-13/h5-6,8,16-17H,3-4,7,9-12H2,1-2H3. The van der Waals surface area contributed by atoms with Gasteiger partial charge in [0.1, 0.15) is 0 Å². The summed E-state index contributed by atoms with van der Waals surface area (Å²) in [7, 11) is 4.36.